The molecule has 7 nitrogen and oxygen atoms in total. The van der Waals surface area contributed by atoms with Crippen molar-refractivity contribution in [2.24, 2.45) is 0 Å². The number of hydrogen-bond acceptors (Lipinski definition) is 6. The van der Waals surface area contributed by atoms with E-state index >= 15 is 0 Å². The number of amides is 1. The predicted octanol–water partition coefficient (Wildman–Crippen LogP) is 3.19. The molecule has 3 aromatic rings. The molecule has 0 saturated heterocycles. The molecule has 1 aromatic heterocycles. The molecule has 1 amide bonds. The van der Waals surface area contributed by atoms with Gasteiger partial charge in [0.15, 0.2) is 0 Å². The predicted molar refractivity (Wildman–Crippen MR) is 110 cm³/mol. The summed E-state index contributed by atoms with van der Waals surface area (Å²) in [6.45, 7) is 1.49. The number of benzene rings is 2. The lowest BCUT2D eigenvalue weighted by molar-refractivity contribution is -0.116. The molecule has 2 aromatic carbocycles. The maximum Gasteiger partial charge on any atom is 0.246 e. The van der Waals surface area contributed by atoms with E-state index in [1.54, 1.807) is 24.3 Å². The van der Waals surface area contributed by atoms with E-state index in [0.717, 1.165) is 4.68 Å². The van der Waals surface area contributed by atoms with Crippen LogP contribution in [0.2, 0.25) is 0 Å². The van der Waals surface area contributed by atoms with Gasteiger partial charge in [-0.3, -0.25) is 4.79 Å². The molecule has 3 N–H and O–H groups in total. The molecule has 29 heavy (non-hydrogen) atoms. The Kier molecular flexibility index (Phi) is 6.23. The topological polar surface area (TPSA) is 107 Å². The molecular weight excluding hydrogens is 415 g/mol. The van der Waals surface area contributed by atoms with Gasteiger partial charge in [0.25, 0.3) is 0 Å². The van der Waals surface area contributed by atoms with Crippen LogP contribution < -0.4 is 11.1 Å². The molecule has 0 aliphatic carbocycles. The quantitative estimate of drug-likeness (QED) is 0.553. The minimum absolute atomic E-state index is 0.0171. The number of carbonyl (C=O) groups is 1. The lowest BCUT2D eigenvalue weighted by Gasteiger charge is -2.08. The second kappa shape index (κ2) is 8.66. The van der Waals surface area contributed by atoms with Crippen molar-refractivity contribution in [1.82, 2.24) is 9.78 Å². The highest BCUT2D eigenvalue weighted by Crippen LogP contribution is 2.34. The van der Waals surface area contributed by atoms with Gasteiger partial charge < -0.3 is 11.1 Å². The van der Waals surface area contributed by atoms with Crippen molar-refractivity contribution in [3.63, 3.8) is 0 Å². The summed E-state index contributed by atoms with van der Waals surface area (Å²) in [5.74, 6) is -0.742. The summed E-state index contributed by atoms with van der Waals surface area (Å²) in [6, 6.07) is 13.6. The van der Waals surface area contributed by atoms with E-state index in [4.69, 9.17) is 5.73 Å². The fraction of sp³-hybridized carbons (Fsp3) is 0.158. The highest BCUT2D eigenvalue weighted by atomic mass is 32.2. The number of sulfone groups is 1. The molecule has 0 bridgehead atoms. The number of thioether (sulfide) groups is 1. The summed E-state index contributed by atoms with van der Waals surface area (Å²) in [6.07, 6.45) is 0. The van der Waals surface area contributed by atoms with Crippen LogP contribution in [0.25, 0.3) is 0 Å². The van der Waals surface area contributed by atoms with E-state index in [1.165, 1.54) is 42.1 Å². The molecule has 1 heterocycles. The SMILES string of the molecule is CCSc1nn(CC(=O)Nc2ccccc2F)c(N)c1S(=O)(=O)c1ccccc1. The smallest absolute Gasteiger partial charge is 0.246 e. The van der Waals surface area contributed by atoms with Gasteiger partial charge in [0.1, 0.15) is 28.1 Å². The van der Waals surface area contributed by atoms with Crippen molar-refractivity contribution in [3.8, 4) is 0 Å². The van der Waals surface area contributed by atoms with E-state index in [9.17, 15) is 17.6 Å². The zero-order valence-corrected chi connectivity index (χ0v) is 17.1. The van der Waals surface area contributed by atoms with Crippen LogP contribution in [0.3, 0.4) is 0 Å². The van der Waals surface area contributed by atoms with Gasteiger partial charge in [0.05, 0.1) is 10.6 Å². The lowest BCUT2D eigenvalue weighted by atomic mass is 10.3. The number of para-hydroxylation sites is 1. The van der Waals surface area contributed by atoms with Crippen molar-refractivity contribution in [3.05, 3.63) is 60.4 Å². The van der Waals surface area contributed by atoms with Crippen LogP contribution >= 0.6 is 11.8 Å². The standard InChI is InChI=1S/C19H19FN4O3S2/c1-2-28-19-17(29(26,27)13-8-4-3-5-9-13)18(21)24(23-19)12-16(25)22-15-11-7-6-10-14(15)20/h3-11H,2,12,21H2,1H3,(H,22,25). The minimum Gasteiger partial charge on any atom is -0.383 e. The largest absolute Gasteiger partial charge is 0.383 e. The van der Waals surface area contributed by atoms with E-state index in [-0.39, 0.29) is 32.9 Å². The zero-order valence-electron chi connectivity index (χ0n) is 15.5. The third-order valence-electron chi connectivity index (χ3n) is 3.96. The number of nitrogens with two attached hydrogens (primary N) is 1. The van der Waals surface area contributed by atoms with Gasteiger partial charge in [-0.05, 0) is 30.0 Å². The van der Waals surface area contributed by atoms with Gasteiger partial charge in [-0.2, -0.15) is 5.10 Å². The molecule has 0 saturated carbocycles. The third-order valence-corrected chi connectivity index (χ3v) is 6.77. The zero-order chi connectivity index (χ0) is 21.0. The second-order valence-electron chi connectivity index (χ2n) is 5.95. The molecule has 0 unspecified atom stereocenters. The summed E-state index contributed by atoms with van der Waals surface area (Å²) < 4.78 is 41.0. The first-order chi connectivity index (χ1) is 13.8. The molecule has 0 radical (unpaired) electrons. The number of anilines is 2. The second-order valence-corrected chi connectivity index (χ2v) is 9.09. The van der Waals surface area contributed by atoms with Crippen molar-refractivity contribution < 1.29 is 17.6 Å². The number of nitrogen functional groups attached to an aromatic ring is 1. The summed E-state index contributed by atoms with van der Waals surface area (Å²) in [5, 5.41) is 6.86. The fourth-order valence-electron chi connectivity index (χ4n) is 2.65. The van der Waals surface area contributed by atoms with E-state index < -0.39 is 21.6 Å². The molecule has 0 spiro atoms. The van der Waals surface area contributed by atoms with Crippen LogP contribution in [0.15, 0.2) is 69.4 Å². The van der Waals surface area contributed by atoms with Crippen LogP contribution in [0.4, 0.5) is 15.9 Å². The van der Waals surface area contributed by atoms with Gasteiger partial charge in [-0.25, -0.2) is 17.5 Å². The molecule has 0 atom stereocenters. The Morgan fingerprint density at radius 1 is 1.17 bits per heavy atom. The van der Waals surface area contributed by atoms with Gasteiger partial charge in [-0.1, -0.05) is 37.3 Å². The maximum absolute atomic E-state index is 13.7. The number of hydrogen-bond donors (Lipinski definition) is 2. The van der Waals surface area contributed by atoms with E-state index in [2.05, 4.69) is 10.4 Å². The van der Waals surface area contributed by atoms with Crippen LogP contribution in [-0.4, -0.2) is 29.9 Å². The highest BCUT2D eigenvalue weighted by Gasteiger charge is 2.29. The van der Waals surface area contributed by atoms with Crippen LogP contribution in [-0.2, 0) is 21.2 Å². The maximum atomic E-state index is 13.7. The van der Waals surface area contributed by atoms with Gasteiger partial charge >= 0.3 is 0 Å². The molecule has 152 valence electrons. The monoisotopic (exact) mass is 434 g/mol. The summed E-state index contributed by atoms with van der Waals surface area (Å²) >= 11 is 1.21. The Hall–Kier alpha value is -2.85. The molecular formula is C19H19FN4O3S2. The Bertz CT molecular complexity index is 1130. The molecule has 10 heteroatoms. The first kappa shape index (κ1) is 20.9. The third kappa shape index (κ3) is 4.43. The van der Waals surface area contributed by atoms with Gasteiger partial charge in [-0.15, -0.1) is 11.8 Å². The van der Waals surface area contributed by atoms with Crippen LogP contribution in [0.1, 0.15) is 6.92 Å². The number of aromatic nitrogens is 2. The fourth-order valence-corrected chi connectivity index (χ4v) is 5.22. The van der Waals surface area contributed by atoms with Gasteiger partial charge in [0.2, 0.25) is 15.7 Å². The minimum atomic E-state index is -3.92. The molecule has 3 rings (SSSR count). The van der Waals surface area contributed by atoms with Crippen LogP contribution in [0.5, 0.6) is 0 Å². The van der Waals surface area contributed by atoms with E-state index in [0.29, 0.717) is 5.75 Å². The normalized spacial score (nSPS) is 11.4. The van der Waals surface area contributed by atoms with Crippen LogP contribution in [0, 0.1) is 5.82 Å². The summed E-state index contributed by atoms with van der Waals surface area (Å²) in [5.41, 5.74) is 6.10. The highest BCUT2D eigenvalue weighted by molar-refractivity contribution is 8.00. The number of rotatable bonds is 7. The molecule has 0 aliphatic rings. The lowest BCUT2D eigenvalue weighted by Crippen LogP contribution is -2.21. The number of nitrogens with zero attached hydrogens (tertiary/aromatic N) is 2. The first-order valence-corrected chi connectivity index (χ1v) is 11.1. The average molecular weight is 435 g/mol. The Morgan fingerprint density at radius 2 is 1.83 bits per heavy atom. The Labute approximate surface area is 172 Å². The van der Waals surface area contributed by atoms with Gasteiger partial charge in [0, 0.05) is 0 Å². The summed E-state index contributed by atoms with van der Waals surface area (Å²) in [4.78, 5) is 12.3. The molecule has 0 aliphatic heterocycles. The number of carbonyl (C=O) groups excluding carboxylic acids is 1. The van der Waals surface area contributed by atoms with Crippen molar-refractivity contribution >= 4 is 39.0 Å². The number of halogens is 1. The van der Waals surface area contributed by atoms with E-state index in [1.807, 2.05) is 6.92 Å². The summed E-state index contributed by atoms with van der Waals surface area (Å²) in [7, 11) is -3.92. The average Bonchev–Trinajstić information content (AvgIpc) is 3.00. The molecule has 0 fully saturated rings. The Morgan fingerprint density at radius 3 is 2.48 bits per heavy atom. The number of nitrogens with one attached hydrogen (secondary N) is 1. The Balaban J connectivity index is 1.94. The van der Waals surface area contributed by atoms with Crippen molar-refractivity contribution in [2.75, 3.05) is 16.8 Å². The first-order valence-electron chi connectivity index (χ1n) is 8.68. The van der Waals surface area contributed by atoms with Crippen molar-refractivity contribution in [2.45, 2.75) is 28.3 Å². The van der Waals surface area contributed by atoms with Crippen molar-refractivity contribution in [1.29, 1.82) is 0 Å².